The molecule has 0 aliphatic heterocycles. The van der Waals surface area contributed by atoms with Crippen molar-refractivity contribution in [3.05, 3.63) is 51.7 Å². The molecular weight excluding hydrogens is 305 g/mol. The minimum atomic E-state index is -1.04. The second kappa shape index (κ2) is 6.79. The number of halogens is 1. The van der Waals surface area contributed by atoms with Gasteiger partial charge >= 0.3 is 0 Å². The van der Waals surface area contributed by atoms with Crippen molar-refractivity contribution in [1.29, 1.82) is 0 Å². The summed E-state index contributed by atoms with van der Waals surface area (Å²) in [4.78, 5) is 4.64. The van der Waals surface area contributed by atoms with Crippen LogP contribution in [0.1, 0.15) is 47.9 Å². The maximum atomic E-state index is 13.1. The molecule has 0 saturated heterocycles. The standard InChI is InChI=1S/C16H18FNOS2/c17-14-7-3-4-12(8-14)10-21(19)11-15-9-20-16(18-15)13-5-1-2-6-13/h3-4,7-9,13H,1-2,5-6,10-11H2/t21-/m1/s1. The fourth-order valence-electron chi connectivity index (χ4n) is 2.78. The number of rotatable bonds is 5. The van der Waals surface area contributed by atoms with Gasteiger partial charge in [-0.25, -0.2) is 9.37 Å². The van der Waals surface area contributed by atoms with Gasteiger partial charge in [-0.1, -0.05) is 25.0 Å². The summed E-state index contributed by atoms with van der Waals surface area (Å²) in [7, 11) is -1.04. The van der Waals surface area contributed by atoms with Crippen molar-refractivity contribution < 1.29 is 8.60 Å². The monoisotopic (exact) mass is 323 g/mol. The molecule has 1 fully saturated rings. The molecule has 1 aliphatic rings. The van der Waals surface area contributed by atoms with E-state index in [2.05, 4.69) is 4.98 Å². The van der Waals surface area contributed by atoms with Gasteiger partial charge in [0.15, 0.2) is 0 Å². The lowest BCUT2D eigenvalue weighted by Crippen LogP contribution is -2.01. The highest BCUT2D eigenvalue weighted by Crippen LogP contribution is 2.35. The highest BCUT2D eigenvalue weighted by molar-refractivity contribution is 7.83. The Kier molecular flexibility index (Phi) is 4.80. The minimum Gasteiger partial charge on any atom is -0.259 e. The fourth-order valence-corrected chi connectivity index (χ4v) is 5.01. The van der Waals surface area contributed by atoms with Gasteiger partial charge < -0.3 is 0 Å². The summed E-state index contributed by atoms with van der Waals surface area (Å²) in [5.74, 6) is 1.18. The van der Waals surface area contributed by atoms with Crippen LogP contribution in [-0.4, -0.2) is 9.19 Å². The summed E-state index contributed by atoms with van der Waals surface area (Å²) >= 11 is 1.69. The molecule has 1 aliphatic carbocycles. The van der Waals surface area contributed by atoms with Gasteiger partial charge in [0.05, 0.1) is 16.5 Å². The Balaban J connectivity index is 1.59. The van der Waals surface area contributed by atoms with Crippen LogP contribution in [0.4, 0.5) is 4.39 Å². The van der Waals surface area contributed by atoms with Crippen LogP contribution in [0.5, 0.6) is 0 Å². The largest absolute Gasteiger partial charge is 0.259 e. The van der Waals surface area contributed by atoms with Gasteiger partial charge in [0.25, 0.3) is 0 Å². The van der Waals surface area contributed by atoms with Crippen molar-refractivity contribution in [2.24, 2.45) is 0 Å². The molecule has 0 spiro atoms. The molecule has 0 amide bonds. The zero-order chi connectivity index (χ0) is 14.7. The number of hydrogen-bond acceptors (Lipinski definition) is 3. The van der Waals surface area contributed by atoms with Crippen LogP contribution in [0.25, 0.3) is 0 Å². The molecule has 5 heteroatoms. The third-order valence-corrected chi connectivity index (χ3v) is 6.13. The molecule has 1 aromatic heterocycles. The summed E-state index contributed by atoms with van der Waals surface area (Å²) in [5.41, 5.74) is 1.69. The number of hydrogen-bond donors (Lipinski definition) is 0. The van der Waals surface area contributed by atoms with E-state index in [4.69, 9.17) is 0 Å². The third-order valence-electron chi connectivity index (χ3n) is 3.80. The second-order valence-electron chi connectivity index (χ2n) is 5.52. The number of nitrogens with zero attached hydrogens (tertiary/aromatic N) is 1. The van der Waals surface area contributed by atoms with Crippen LogP contribution in [0.15, 0.2) is 29.6 Å². The predicted molar refractivity (Wildman–Crippen MR) is 85.3 cm³/mol. The molecule has 0 N–H and O–H groups in total. The fraction of sp³-hybridized carbons (Fsp3) is 0.438. The molecule has 0 unspecified atom stereocenters. The van der Waals surface area contributed by atoms with Gasteiger partial charge in [0.1, 0.15) is 5.82 Å². The Bertz CT molecular complexity index is 635. The Labute approximate surface area is 130 Å². The Morgan fingerprint density at radius 2 is 2.10 bits per heavy atom. The molecule has 1 saturated carbocycles. The molecule has 1 atom stereocenters. The van der Waals surface area contributed by atoms with E-state index in [-0.39, 0.29) is 5.82 Å². The summed E-state index contributed by atoms with van der Waals surface area (Å²) < 4.78 is 25.3. The van der Waals surface area contributed by atoms with E-state index < -0.39 is 10.8 Å². The molecule has 112 valence electrons. The van der Waals surface area contributed by atoms with E-state index in [1.54, 1.807) is 17.4 Å². The summed E-state index contributed by atoms with van der Waals surface area (Å²) in [6.45, 7) is 0. The van der Waals surface area contributed by atoms with E-state index in [0.717, 1.165) is 11.3 Å². The average Bonchev–Trinajstić information content (AvgIpc) is 3.08. The lowest BCUT2D eigenvalue weighted by Gasteiger charge is -2.03. The van der Waals surface area contributed by atoms with Crippen molar-refractivity contribution >= 4 is 22.1 Å². The van der Waals surface area contributed by atoms with Gasteiger partial charge in [-0.05, 0) is 30.5 Å². The first kappa shape index (κ1) is 14.9. The van der Waals surface area contributed by atoms with E-state index in [1.807, 2.05) is 11.4 Å². The summed E-state index contributed by atoms with van der Waals surface area (Å²) in [6, 6.07) is 6.32. The van der Waals surface area contributed by atoms with Crippen LogP contribution in [0, 0.1) is 5.82 Å². The van der Waals surface area contributed by atoms with Crippen LogP contribution in [-0.2, 0) is 22.3 Å². The van der Waals surface area contributed by atoms with Crippen molar-refractivity contribution in [3.63, 3.8) is 0 Å². The maximum absolute atomic E-state index is 13.1. The molecule has 0 radical (unpaired) electrons. The molecular formula is C16H18FNOS2. The first-order valence-corrected chi connectivity index (χ1v) is 9.61. The normalized spacial score (nSPS) is 17.2. The van der Waals surface area contributed by atoms with Crippen LogP contribution >= 0.6 is 11.3 Å². The van der Waals surface area contributed by atoms with E-state index in [9.17, 15) is 8.60 Å². The van der Waals surface area contributed by atoms with Gasteiger partial charge in [-0.3, -0.25) is 4.21 Å². The predicted octanol–water partition coefficient (Wildman–Crippen LogP) is 4.39. The minimum absolute atomic E-state index is 0.276. The topological polar surface area (TPSA) is 30.0 Å². The molecule has 2 aromatic rings. The van der Waals surface area contributed by atoms with Crippen LogP contribution < -0.4 is 0 Å². The van der Waals surface area contributed by atoms with Crippen molar-refractivity contribution in [1.82, 2.24) is 4.98 Å². The van der Waals surface area contributed by atoms with E-state index in [1.165, 1.54) is 42.8 Å². The molecule has 2 nitrogen and oxygen atoms in total. The smallest absolute Gasteiger partial charge is 0.123 e. The second-order valence-corrected chi connectivity index (χ2v) is 7.86. The van der Waals surface area contributed by atoms with Crippen molar-refractivity contribution in [2.75, 3.05) is 0 Å². The molecule has 0 bridgehead atoms. The molecule has 1 aromatic carbocycles. The lowest BCUT2D eigenvalue weighted by molar-refractivity contribution is 0.626. The Hall–Kier alpha value is -1.07. The van der Waals surface area contributed by atoms with E-state index >= 15 is 0 Å². The lowest BCUT2D eigenvalue weighted by atomic mass is 10.1. The Morgan fingerprint density at radius 3 is 2.86 bits per heavy atom. The first-order valence-electron chi connectivity index (χ1n) is 7.24. The average molecular weight is 323 g/mol. The molecule has 1 heterocycles. The van der Waals surface area contributed by atoms with Gasteiger partial charge in [0.2, 0.25) is 0 Å². The quantitative estimate of drug-likeness (QED) is 0.817. The zero-order valence-electron chi connectivity index (χ0n) is 11.8. The number of thiazole rings is 1. The van der Waals surface area contributed by atoms with Gasteiger partial charge in [0, 0.05) is 27.9 Å². The summed E-state index contributed by atoms with van der Waals surface area (Å²) in [5, 5.41) is 3.22. The van der Waals surface area contributed by atoms with Crippen molar-refractivity contribution in [3.8, 4) is 0 Å². The maximum Gasteiger partial charge on any atom is 0.123 e. The molecule has 21 heavy (non-hydrogen) atoms. The highest BCUT2D eigenvalue weighted by atomic mass is 32.2. The summed E-state index contributed by atoms with van der Waals surface area (Å²) in [6.07, 6.45) is 5.06. The molecule has 3 rings (SSSR count). The number of aromatic nitrogens is 1. The van der Waals surface area contributed by atoms with Gasteiger partial charge in [-0.15, -0.1) is 11.3 Å². The third kappa shape index (κ3) is 3.98. The van der Waals surface area contributed by atoms with Crippen molar-refractivity contribution in [2.45, 2.75) is 43.1 Å². The highest BCUT2D eigenvalue weighted by Gasteiger charge is 2.20. The zero-order valence-corrected chi connectivity index (χ0v) is 13.4. The van der Waals surface area contributed by atoms with Crippen LogP contribution in [0.3, 0.4) is 0 Å². The SMILES string of the molecule is O=[S@](Cc1cccc(F)c1)Cc1csc(C2CCCC2)n1. The van der Waals surface area contributed by atoms with Crippen LogP contribution in [0.2, 0.25) is 0 Å². The van der Waals surface area contributed by atoms with Gasteiger partial charge in [-0.2, -0.15) is 0 Å². The van der Waals surface area contributed by atoms with E-state index in [0.29, 0.717) is 17.4 Å². The number of benzene rings is 1. The first-order chi connectivity index (χ1) is 10.2. The Morgan fingerprint density at radius 1 is 1.29 bits per heavy atom.